The Hall–Kier alpha value is -3.29. The molecule has 284 valence electrons. The molecule has 0 aromatic heterocycles. The average Bonchev–Trinajstić information content (AvgIpc) is 3.86. The lowest BCUT2D eigenvalue weighted by Gasteiger charge is -2.51. The second kappa shape index (κ2) is 15.2. The molecule has 5 fully saturated rings. The van der Waals surface area contributed by atoms with Crippen molar-refractivity contribution in [1.82, 2.24) is 20.4 Å². The minimum atomic E-state index is -3.37. The van der Waals surface area contributed by atoms with E-state index < -0.39 is 27.5 Å². The van der Waals surface area contributed by atoms with Gasteiger partial charge in [0.25, 0.3) is 0 Å². The molecule has 2 N–H and O–H groups in total. The van der Waals surface area contributed by atoms with Crippen molar-refractivity contribution in [3.05, 3.63) is 59.4 Å². The predicted molar refractivity (Wildman–Crippen MR) is 195 cm³/mol. The maximum Gasteiger partial charge on any atom is 0.407 e. The summed E-state index contributed by atoms with van der Waals surface area (Å²) in [6.45, 7) is 7.48. The number of ether oxygens (including phenoxy) is 1. The molecule has 13 heteroatoms. The van der Waals surface area contributed by atoms with E-state index in [1.807, 2.05) is 23.1 Å². The van der Waals surface area contributed by atoms with Crippen LogP contribution in [-0.2, 0) is 31.3 Å². The molecule has 7 rings (SSSR count). The minimum Gasteiger partial charge on any atom is -0.453 e. The molecule has 0 radical (unpaired) electrons. The number of sulfone groups is 1. The highest BCUT2D eigenvalue weighted by molar-refractivity contribution is 7.92. The summed E-state index contributed by atoms with van der Waals surface area (Å²) in [6, 6.07) is 12.3. The fourth-order valence-electron chi connectivity index (χ4n) is 9.63. The molecule has 2 amide bonds. The van der Waals surface area contributed by atoms with Crippen molar-refractivity contribution in [2.24, 2.45) is 17.8 Å². The summed E-state index contributed by atoms with van der Waals surface area (Å²) in [5, 5.41) is 5.89. The summed E-state index contributed by atoms with van der Waals surface area (Å²) >= 11 is 0. The maximum absolute atomic E-state index is 14.9. The number of anilines is 1. The van der Waals surface area contributed by atoms with Crippen molar-refractivity contribution in [3.8, 4) is 0 Å². The van der Waals surface area contributed by atoms with Crippen molar-refractivity contribution < 1.29 is 31.5 Å². The van der Waals surface area contributed by atoms with E-state index in [2.05, 4.69) is 20.4 Å². The minimum absolute atomic E-state index is 0.00738. The number of alkyl carbamates (subject to hydrolysis) is 1. The number of carbonyl (C=O) groups is 2. The number of alkyl halides is 1. The molecule has 2 aromatic rings. The van der Waals surface area contributed by atoms with Gasteiger partial charge in [0, 0.05) is 75.8 Å². The highest BCUT2D eigenvalue weighted by atomic mass is 32.2. The third kappa shape index (κ3) is 7.68. The van der Waals surface area contributed by atoms with Gasteiger partial charge in [-0.25, -0.2) is 22.0 Å². The molecule has 10 nitrogen and oxygen atoms in total. The van der Waals surface area contributed by atoms with Gasteiger partial charge in [-0.3, -0.25) is 9.69 Å². The predicted octanol–water partition coefficient (Wildman–Crippen LogP) is 4.66. The van der Waals surface area contributed by atoms with Gasteiger partial charge >= 0.3 is 6.09 Å². The van der Waals surface area contributed by atoms with Crippen molar-refractivity contribution in [3.63, 3.8) is 0 Å². The molecule has 2 saturated carbocycles. The molecule has 0 unspecified atom stereocenters. The van der Waals surface area contributed by atoms with Crippen LogP contribution in [0.5, 0.6) is 0 Å². The fraction of sp³-hybridized carbons (Fsp3) is 0.641. The van der Waals surface area contributed by atoms with E-state index in [-0.39, 0.29) is 34.9 Å². The zero-order chi connectivity index (χ0) is 36.6. The second-order valence-corrected chi connectivity index (χ2v) is 18.1. The Kier molecular flexibility index (Phi) is 10.8. The van der Waals surface area contributed by atoms with Gasteiger partial charge in [0.15, 0.2) is 9.84 Å². The first kappa shape index (κ1) is 37.0. The molecule has 3 aliphatic heterocycles. The van der Waals surface area contributed by atoms with E-state index in [1.165, 1.54) is 20.1 Å². The number of piperidine rings is 1. The smallest absolute Gasteiger partial charge is 0.407 e. The molecular formula is C39H53F2N5O5S. The Bertz CT molecular complexity index is 1720. The van der Waals surface area contributed by atoms with Gasteiger partial charge in [0.2, 0.25) is 5.91 Å². The van der Waals surface area contributed by atoms with Gasteiger partial charge in [0.05, 0.1) is 17.3 Å². The zero-order valence-electron chi connectivity index (χ0n) is 30.4. The van der Waals surface area contributed by atoms with E-state index in [9.17, 15) is 26.8 Å². The average molecular weight is 742 g/mol. The van der Waals surface area contributed by atoms with Crippen molar-refractivity contribution in [1.29, 1.82) is 0 Å². The van der Waals surface area contributed by atoms with Crippen LogP contribution in [0.3, 0.4) is 0 Å². The molecule has 0 spiro atoms. The first-order valence-corrected chi connectivity index (χ1v) is 20.6. The number of nitrogens with zero attached hydrogens (tertiary/aromatic N) is 3. The van der Waals surface area contributed by atoms with Gasteiger partial charge in [-0.1, -0.05) is 18.6 Å². The lowest BCUT2D eigenvalue weighted by molar-refractivity contribution is -0.119. The summed E-state index contributed by atoms with van der Waals surface area (Å²) in [5.41, 5.74) is 2.08. The number of hydrogen-bond acceptors (Lipinski definition) is 8. The fourth-order valence-corrected chi connectivity index (χ4v) is 11.5. The Labute approximate surface area is 306 Å². The largest absolute Gasteiger partial charge is 0.453 e. The molecule has 2 aliphatic carbocycles. The number of halogens is 2. The van der Waals surface area contributed by atoms with Crippen LogP contribution in [0.25, 0.3) is 0 Å². The van der Waals surface area contributed by atoms with Crippen LogP contribution in [0.1, 0.15) is 63.0 Å². The maximum atomic E-state index is 14.9. The highest BCUT2D eigenvalue weighted by Crippen LogP contribution is 2.50. The van der Waals surface area contributed by atoms with Crippen LogP contribution in [-0.4, -0.2) is 107 Å². The number of rotatable bonds is 13. The first-order chi connectivity index (χ1) is 25.0. The lowest BCUT2D eigenvalue weighted by Crippen LogP contribution is -2.58. The normalized spacial score (nSPS) is 24.9. The third-order valence-electron chi connectivity index (χ3n) is 12.4. The Balaban J connectivity index is 1.03. The lowest BCUT2D eigenvalue weighted by atomic mass is 9.58. The number of carbonyl (C=O) groups excluding carboxylic acids is 2. The van der Waals surface area contributed by atoms with Gasteiger partial charge < -0.3 is 25.2 Å². The number of benzene rings is 2. The first-order valence-electron chi connectivity index (χ1n) is 19.0. The summed E-state index contributed by atoms with van der Waals surface area (Å²) in [5.74, 6) is 0.166. The van der Waals surface area contributed by atoms with Gasteiger partial charge in [-0.05, 0) is 105 Å². The van der Waals surface area contributed by atoms with E-state index in [0.717, 1.165) is 81.6 Å². The standard InChI is InChI=1S/C39H53F2N5O5S/c1-26(47)42-25-39(30-5-3-6-31(40)18-30,35-7-4-8-36(35)43-38(48)51-2)29-13-15-44(16-14-29)19-27-20-46(21-27)33-9-12-37(52(49,50)34-10-11-34)28(17-33)22-45-23-32(41)24-45/h3,5-6,9,12,17-18,27,29,32,34-36H,4,7-8,10-11,13-16,19-25H2,1-2H3,(H,42,47)(H,43,48)/t35-,36-,39-/m0/s1. The monoisotopic (exact) mass is 741 g/mol. The van der Waals surface area contributed by atoms with Crippen LogP contribution in [0, 0.1) is 23.6 Å². The topological polar surface area (TPSA) is 111 Å². The zero-order valence-corrected chi connectivity index (χ0v) is 31.2. The van der Waals surface area contributed by atoms with Crippen LogP contribution in [0.2, 0.25) is 0 Å². The van der Waals surface area contributed by atoms with E-state index >= 15 is 0 Å². The Morgan fingerprint density at radius 3 is 2.37 bits per heavy atom. The SMILES string of the molecule is COC(=O)N[C@H]1CCC[C@@H]1[C@](CNC(C)=O)(c1cccc(F)c1)C1CCN(CC2CN(c3ccc(S(=O)(=O)C4CC4)c(CN4CC(F)C4)c3)C2)CC1. The molecule has 52 heavy (non-hydrogen) atoms. The van der Waals surface area contributed by atoms with Crippen LogP contribution in [0.15, 0.2) is 47.4 Å². The van der Waals surface area contributed by atoms with Gasteiger partial charge in [0.1, 0.15) is 12.0 Å². The number of hydrogen-bond donors (Lipinski definition) is 2. The van der Waals surface area contributed by atoms with Crippen LogP contribution in [0.4, 0.5) is 19.3 Å². The summed E-state index contributed by atoms with van der Waals surface area (Å²) in [6.07, 6.45) is 4.43. The van der Waals surface area contributed by atoms with Crippen molar-refractivity contribution >= 4 is 27.5 Å². The molecule has 0 bridgehead atoms. The Morgan fingerprint density at radius 2 is 1.71 bits per heavy atom. The van der Waals surface area contributed by atoms with Crippen LogP contribution >= 0.6 is 0 Å². The van der Waals surface area contributed by atoms with E-state index in [0.29, 0.717) is 49.8 Å². The Morgan fingerprint density at radius 1 is 0.962 bits per heavy atom. The van der Waals surface area contributed by atoms with Crippen molar-refractivity contribution in [2.45, 2.75) is 86.2 Å². The van der Waals surface area contributed by atoms with Crippen molar-refractivity contribution in [2.75, 3.05) is 64.4 Å². The van der Waals surface area contributed by atoms with Crippen LogP contribution < -0.4 is 15.5 Å². The quantitative estimate of drug-likeness (QED) is 0.305. The third-order valence-corrected chi connectivity index (χ3v) is 14.8. The molecule has 3 atom stereocenters. The number of likely N-dealkylation sites (tertiary alicyclic amines) is 2. The molecular weight excluding hydrogens is 689 g/mol. The molecule has 3 saturated heterocycles. The number of nitrogens with one attached hydrogen (secondary N) is 2. The highest BCUT2D eigenvalue weighted by Gasteiger charge is 2.52. The second-order valence-electron chi connectivity index (χ2n) is 15.9. The molecule has 5 aliphatic rings. The summed E-state index contributed by atoms with van der Waals surface area (Å²) in [7, 11) is -2.01. The number of amides is 2. The molecule has 2 aromatic carbocycles. The van der Waals surface area contributed by atoms with Gasteiger partial charge in [-0.2, -0.15) is 0 Å². The number of methoxy groups -OCH3 is 1. The summed E-state index contributed by atoms with van der Waals surface area (Å²) < 4.78 is 59.9. The summed E-state index contributed by atoms with van der Waals surface area (Å²) in [4.78, 5) is 32.0. The molecule has 3 heterocycles. The van der Waals surface area contributed by atoms with Gasteiger partial charge in [-0.15, -0.1) is 0 Å². The van der Waals surface area contributed by atoms with E-state index in [1.54, 1.807) is 18.2 Å². The van der Waals surface area contributed by atoms with E-state index in [4.69, 9.17) is 4.74 Å².